The summed E-state index contributed by atoms with van der Waals surface area (Å²) in [7, 11) is 3.32. The number of benzene rings is 2. The average Bonchev–Trinajstić information content (AvgIpc) is 3.43. The second kappa shape index (κ2) is 7.75. The number of rotatable bonds is 5. The normalized spacial score (nSPS) is 11.5. The molecule has 3 heterocycles. The number of hydrogen-bond donors (Lipinski definition) is 0. The van der Waals surface area contributed by atoms with E-state index >= 15 is 0 Å². The number of nitrogens with zero attached hydrogens (tertiary/aromatic N) is 8. The molecule has 0 radical (unpaired) electrons. The van der Waals surface area contributed by atoms with Gasteiger partial charge in [0.05, 0.1) is 23.8 Å². The van der Waals surface area contributed by atoms with E-state index in [-0.39, 0.29) is 5.56 Å². The summed E-state index contributed by atoms with van der Waals surface area (Å²) in [6.45, 7) is 3.96. The molecule has 0 atom stereocenters. The van der Waals surface area contributed by atoms with E-state index in [1.54, 1.807) is 18.8 Å². The van der Waals surface area contributed by atoms with Gasteiger partial charge in [0.1, 0.15) is 17.3 Å². The van der Waals surface area contributed by atoms with Crippen LogP contribution >= 0.6 is 11.8 Å². The first-order chi connectivity index (χ1) is 15.5. The quantitative estimate of drug-likeness (QED) is 0.378. The minimum atomic E-state index is -0.0988. The summed E-state index contributed by atoms with van der Waals surface area (Å²) in [5, 5.41) is 22.0. The van der Waals surface area contributed by atoms with E-state index in [4.69, 9.17) is 4.74 Å². The van der Waals surface area contributed by atoms with Gasteiger partial charge in [-0.25, -0.2) is 0 Å². The Kier molecular flexibility index (Phi) is 4.89. The number of hydrogen-bond acceptors (Lipinski definition) is 8. The molecule has 2 aromatic carbocycles. The Balaban J connectivity index is 1.56. The Bertz CT molecular complexity index is 1530. The van der Waals surface area contributed by atoms with Crippen molar-refractivity contribution >= 4 is 28.4 Å². The molecule has 0 saturated carbocycles. The van der Waals surface area contributed by atoms with Gasteiger partial charge in [-0.3, -0.25) is 13.8 Å². The van der Waals surface area contributed by atoms with Crippen LogP contribution in [0.25, 0.3) is 22.4 Å². The van der Waals surface area contributed by atoms with Crippen molar-refractivity contribution in [1.82, 2.24) is 39.4 Å². The van der Waals surface area contributed by atoms with Crippen molar-refractivity contribution in [3.63, 3.8) is 0 Å². The number of ether oxygens (including phenoxy) is 1. The molecule has 3 aromatic heterocycles. The van der Waals surface area contributed by atoms with Gasteiger partial charge in [-0.2, -0.15) is 4.68 Å². The molecular formula is C21H20N8O2S. The third kappa shape index (κ3) is 3.21. The molecule has 0 spiro atoms. The molecule has 32 heavy (non-hydrogen) atoms. The number of methoxy groups -OCH3 is 1. The van der Waals surface area contributed by atoms with Crippen molar-refractivity contribution in [2.75, 3.05) is 7.11 Å². The van der Waals surface area contributed by atoms with E-state index in [2.05, 4.69) is 25.7 Å². The number of thioether (sulfide) groups is 1. The average molecular weight is 449 g/mol. The molecule has 0 bridgehead atoms. The fraction of sp³-hybridized carbons (Fsp3) is 0.238. The van der Waals surface area contributed by atoms with Crippen molar-refractivity contribution in [2.45, 2.75) is 24.8 Å². The van der Waals surface area contributed by atoms with Crippen LogP contribution in [0.5, 0.6) is 5.75 Å². The fourth-order valence-electron chi connectivity index (χ4n) is 3.67. The lowest BCUT2D eigenvalue weighted by Gasteiger charge is -2.10. The summed E-state index contributed by atoms with van der Waals surface area (Å²) in [6.07, 6.45) is 0. The molecule has 162 valence electrons. The maximum absolute atomic E-state index is 12.8. The molecular weight excluding hydrogens is 428 g/mol. The molecule has 10 nitrogen and oxygen atoms in total. The van der Waals surface area contributed by atoms with Crippen LogP contribution in [-0.2, 0) is 12.8 Å². The van der Waals surface area contributed by atoms with Gasteiger partial charge in [0.25, 0.3) is 5.56 Å². The number of fused-ring (bicyclic) bond motifs is 3. The molecule has 0 aliphatic carbocycles. The summed E-state index contributed by atoms with van der Waals surface area (Å²) in [6, 6.07) is 11.6. The van der Waals surface area contributed by atoms with Gasteiger partial charge in [-0.15, -0.1) is 15.3 Å². The summed E-state index contributed by atoms with van der Waals surface area (Å²) >= 11 is 1.43. The predicted molar refractivity (Wildman–Crippen MR) is 120 cm³/mol. The first kappa shape index (κ1) is 20.2. The summed E-state index contributed by atoms with van der Waals surface area (Å²) in [5.74, 6) is 2.31. The van der Waals surface area contributed by atoms with E-state index in [1.807, 2.05) is 54.6 Å². The molecule has 0 aliphatic rings. The largest absolute Gasteiger partial charge is 0.494 e. The molecule has 5 rings (SSSR count). The van der Waals surface area contributed by atoms with E-state index in [0.29, 0.717) is 33.6 Å². The van der Waals surface area contributed by atoms with Gasteiger partial charge in [-0.05, 0) is 54.1 Å². The molecule has 5 aromatic rings. The highest BCUT2D eigenvalue weighted by atomic mass is 32.2. The van der Waals surface area contributed by atoms with Crippen molar-refractivity contribution in [3.05, 3.63) is 63.7 Å². The zero-order valence-electron chi connectivity index (χ0n) is 18.0. The van der Waals surface area contributed by atoms with Gasteiger partial charge in [0.2, 0.25) is 10.9 Å². The first-order valence-corrected chi connectivity index (χ1v) is 10.9. The minimum Gasteiger partial charge on any atom is -0.494 e. The van der Waals surface area contributed by atoms with Crippen LogP contribution in [0.2, 0.25) is 0 Å². The Labute approximate surface area is 186 Å². The van der Waals surface area contributed by atoms with Gasteiger partial charge in [-0.1, -0.05) is 29.5 Å². The van der Waals surface area contributed by atoms with Crippen LogP contribution in [0.15, 0.2) is 46.3 Å². The molecule has 0 fully saturated rings. The van der Waals surface area contributed by atoms with Crippen LogP contribution < -0.4 is 10.3 Å². The molecule has 11 heteroatoms. The zero-order valence-corrected chi connectivity index (χ0v) is 18.8. The summed E-state index contributed by atoms with van der Waals surface area (Å²) in [4.78, 5) is 12.8. The third-order valence-electron chi connectivity index (χ3n) is 5.27. The Morgan fingerprint density at radius 2 is 1.81 bits per heavy atom. The Morgan fingerprint density at radius 3 is 2.62 bits per heavy atom. The van der Waals surface area contributed by atoms with Gasteiger partial charge in [0, 0.05) is 7.05 Å². The lowest BCUT2D eigenvalue weighted by Crippen LogP contribution is -2.20. The van der Waals surface area contributed by atoms with Gasteiger partial charge in [0.15, 0.2) is 0 Å². The lowest BCUT2D eigenvalue weighted by molar-refractivity contribution is 0.410. The van der Waals surface area contributed by atoms with Gasteiger partial charge < -0.3 is 4.74 Å². The molecule has 0 saturated heterocycles. The van der Waals surface area contributed by atoms with Crippen molar-refractivity contribution in [3.8, 4) is 11.4 Å². The molecule has 0 amide bonds. The number of tetrazole rings is 1. The van der Waals surface area contributed by atoms with E-state index in [9.17, 15) is 4.79 Å². The first-order valence-electron chi connectivity index (χ1n) is 9.87. The smallest absolute Gasteiger partial charge is 0.262 e. The predicted octanol–water partition coefficient (Wildman–Crippen LogP) is 2.47. The monoisotopic (exact) mass is 448 g/mol. The Hall–Kier alpha value is -3.73. The van der Waals surface area contributed by atoms with Gasteiger partial charge >= 0.3 is 0 Å². The lowest BCUT2D eigenvalue weighted by atomic mass is 10.1. The standard InChI is InChI=1S/C21H20N8O2S/c1-12-5-7-15-14(9-12)19(30)27(3)20-23-22-18(28(15)20)11-32-21-24-25-26-29(21)16-10-13(2)6-8-17(16)31-4/h5-10H,11H2,1-4H3. The fourth-order valence-corrected chi connectivity index (χ4v) is 4.46. The SMILES string of the molecule is COc1ccc(C)cc1-n1nnnc1SCc1nnc2n(C)c(=O)c3cc(C)ccc3n12. The van der Waals surface area contributed by atoms with Crippen LogP contribution in [0.4, 0.5) is 0 Å². The van der Waals surface area contributed by atoms with E-state index in [1.165, 1.54) is 16.3 Å². The van der Waals surface area contributed by atoms with E-state index < -0.39 is 0 Å². The van der Waals surface area contributed by atoms with Crippen LogP contribution in [0.3, 0.4) is 0 Å². The molecule has 0 N–H and O–H groups in total. The topological polar surface area (TPSA) is 105 Å². The molecule has 0 unspecified atom stereocenters. The minimum absolute atomic E-state index is 0.0988. The second-order valence-corrected chi connectivity index (χ2v) is 8.42. The number of aromatic nitrogens is 8. The van der Waals surface area contributed by atoms with Crippen LogP contribution in [-0.4, -0.2) is 46.5 Å². The highest BCUT2D eigenvalue weighted by molar-refractivity contribution is 7.98. The summed E-state index contributed by atoms with van der Waals surface area (Å²) < 4.78 is 10.6. The summed E-state index contributed by atoms with van der Waals surface area (Å²) in [5.41, 5.74) is 3.52. The third-order valence-corrected chi connectivity index (χ3v) is 6.19. The molecule has 0 aliphatic heterocycles. The van der Waals surface area contributed by atoms with Crippen molar-refractivity contribution in [1.29, 1.82) is 0 Å². The highest BCUT2D eigenvalue weighted by Gasteiger charge is 2.18. The van der Waals surface area contributed by atoms with Crippen LogP contribution in [0, 0.1) is 13.8 Å². The number of aryl methyl sites for hydroxylation is 3. The highest BCUT2D eigenvalue weighted by Crippen LogP contribution is 2.28. The Morgan fingerprint density at radius 1 is 1.03 bits per heavy atom. The zero-order chi connectivity index (χ0) is 22.4. The maximum Gasteiger partial charge on any atom is 0.262 e. The van der Waals surface area contributed by atoms with Crippen molar-refractivity contribution < 1.29 is 4.74 Å². The second-order valence-electron chi connectivity index (χ2n) is 7.47. The van der Waals surface area contributed by atoms with Crippen molar-refractivity contribution in [2.24, 2.45) is 7.05 Å². The van der Waals surface area contributed by atoms with E-state index in [0.717, 1.165) is 22.3 Å². The maximum atomic E-state index is 12.8. The van der Waals surface area contributed by atoms with Crippen LogP contribution in [0.1, 0.15) is 17.0 Å².